The molecule has 2 aromatic rings. The highest BCUT2D eigenvalue weighted by molar-refractivity contribution is 7.09. The Morgan fingerprint density at radius 1 is 1.24 bits per heavy atom. The average Bonchev–Trinajstić information content (AvgIpc) is 3.13. The molecule has 0 saturated carbocycles. The van der Waals surface area contributed by atoms with Gasteiger partial charge in [0, 0.05) is 17.8 Å². The lowest BCUT2D eigenvalue weighted by molar-refractivity contribution is 0.214. The summed E-state index contributed by atoms with van der Waals surface area (Å²) in [5.41, 5.74) is 1.21. The number of nitrogens with one attached hydrogen (secondary N) is 2. The number of carbonyl (C=O) groups is 1. The van der Waals surface area contributed by atoms with Gasteiger partial charge in [-0.2, -0.15) is 0 Å². The third-order valence-corrected chi connectivity index (χ3v) is 4.38. The van der Waals surface area contributed by atoms with Gasteiger partial charge in [0.25, 0.3) is 0 Å². The monoisotopic (exact) mass is 302 g/mol. The number of hydrogen-bond acceptors (Lipinski definition) is 3. The summed E-state index contributed by atoms with van der Waals surface area (Å²) in [7, 11) is 0. The van der Waals surface area contributed by atoms with Crippen LogP contribution in [0, 0.1) is 0 Å². The van der Waals surface area contributed by atoms with Gasteiger partial charge in [0.15, 0.2) is 0 Å². The Morgan fingerprint density at radius 2 is 2.14 bits per heavy atom. The second-order valence-corrected chi connectivity index (χ2v) is 6.05. The van der Waals surface area contributed by atoms with Gasteiger partial charge in [0.1, 0.15) is 11.9 Å². The molecule has 1 aliphatic rings. The normalized spacial score (nSPS) is 16.1. The van der Waals surface area contributed by atoms with Crippen molar-refractivity contribution < 1.29 is 9.53 Å². The average molecular weight is 302 g/mol. The third kappa shape index (κ3) is 3.76. The van der Waals surface area contributed by atoms with E-state index in [1.807, 2.05) is 29.6 Å². The van der Waals surface area contributed by atoms with Crippen LogP contribution in [0.2, 0.25) is 0 Å². The Morgan fingerprint density at radius 3 is 2.95 bits per heavy atom. The van der Waals surface area contributed by atoms with Crippen LogP contribution in [0.3, 0.4) is 0 Å². The number of fused-ring (bicyclic) bond motifs is 1. The summed E-state index contributed by atoms with van der Waals surface area (Å²) < 4.78 is 5.78. The molecule has 0 saturated heterocycles. The summed E-state index contributed by atoms with van der Waals surface area (Å²) in [5, 5.41) is 7.78. The molecule has 0 bridgehead atoms. The fraction of sp³-hybridized carbons (Fsp3) is 0.312. The van der Waals surface area contributed by atoms with Crippen LogP contribution in [0.5, 0.6) is 5.75 Å². The largest absolute Gasteiger partial charge is 0.488 e. The first-order valence-corrected chi connectivity index (χ1v) is 7.98. The van der Waals surface area contributed by atoms with Gasteiger partial charge in [-0.3, -0.25) is 0 Å². The zero-order valence-corrected chi connectivity index (χ0v) is 12.5. The standard InChI is InChI=1S/C16H18N2O2S/c19-16(17-8-7-14-5-3-9-21-14)18-11-13-10-12-4-1-2-6-15(12)20-13/h1-6,9,13H,7-8,10-11H2,(H2,17,18,19)/t13-/m1/s1. The highest BCUT2D eigenvalue weighted by Gasteiger charge is 2.22. The first-order chi connectivity index (χ1) is 10.3. The van der Waals surface area contributed by atoms with Crippen molar-refractivity contribution in [1.82, 2.24) is 10.6 Å². The first kappa shape index (κ1) is 13.9. The van der Waals surface area contributed by atoms with Crippen molar-refractivity contribution in [2.75, 3.05) is 13.1 Å². The fourth-order valence-electron chi connectivity index (χ4n) is 2.39. The maximum absolute atomic E-state index is 11.7. The van der Waals surface area contributed by atoms with E-state index < -0.39 is 0 Å². The van der Waals surface area contributed by atoms with E-state index in [4.69, 9.17) is 4.74 Å². The summed E-state index contributed by atoms with van der Waals surface area (Å²) in [6, 6.07) is 12.0. The predicted octanol–water partition coefficient (Wildman–Crippen LogP) is 2.59. The third-order valence-electron chi connectivity index (χ3n) is 3.44. The molecule has 0 spiro atoms. The number of thiophene rings is 1. The molecule has 2 amide bonds. The molecule has 1 aromatic heterocycles. The highest BCUT2D eigenvalue weighted by Crippen LogP contribution is 2.27. The highest BCUT2D eigenvalue weighted by atomic mass is 32.1. The maximum atomic E-state index is 11.7. The number of urea groups is 1. The Kier molecular flexibility index (Phi) is 4.40. The molecule has 5 heteroatoms. The molecule has 1 aromatic carbocycles. The van der Waals surface area contributed by atoms with Crippen molar-refractivity contribution in [2.24, 2.45) is 0 Å². The van der Waals surface area contributed by atoms with Crippen molar-refractivity contribution in [1.29, 1.82) is 0 Å². The van der Waals surface area contributed by atoms with Crippen molar-refractivity contribution in [3.05, 3.63) is 52.2 Å². The smallest absolute Gasteiger partial charge is 0.314 e. The van der Waals surface area contributed by atoms with Crippen LogP contribution in [0.15, 0.2) is 41.8 Å². The molecule has 0 unspecified atom stereocenters. The number of para-hydroxylation sites is 1. The fourth-order valence-corrected chi connectivity index (χ4v) is 3.10. The molecule has 4 nitrogen and oxygen atoms in total. The van der Waals surface area contributed by atoms with E-state index >= 15 is 0 Å². The van der Waals surface area contributed by atoms with E-state index in [0.717, 1.165) is 18.6 Å². The van der Waals surface area contributed by atoms with E-state index in [1.54, 1.807) is 11.3 Å². The lowest BCUT2D eigenvalue weighted by Gasteiger charge is -2.12. The molecule has 0 fully saturated rings. The molecule has 2 heterocycles. The maximum Gasteiger partial charge on any atom is 0.314 e. The van der Waals surface area contributed by atoms with Crippen LogP contribution in [0.25, 0.3) is 0 Å². The van der Waals surface area contributed by atoms with Crippen LogP contribution < -0.4 is 15.4 Å². The van der Waals surface area contributed by atoms with Gasteiger partial charge in [0.05, 0.1) is 6.54 Å². The molecular weight excluding hydrogens is 284 g/mol. The molecule has 110 valence electrons. The second-order valence-electron chi connectivity index (χ2n) is 5.02. The zero-order valence-electron chi connectivity index (χ0n) is 11.7. The first-order valence-electron chi connectivity index (χ1n) is 7.10. The number of rotatable bonds is 5. The summed E-state index contributed by atoms with van der Waals surface area (Å²) in [6.45, 7) is 1.18. The van der Waals surface area contributed by atoms with Gasteiger partial charge in [-0.05, 0) is 29.5 Å². The molecule has 21 heavy (non-hydrogen) atoms. The molecule has 0 aliphatic carbocycles. The number of carbonyl (C=O) groups excluding carboxylic acids is 1. The second kappa shape index (κ2) is 6.63. The van der Waals surface area contributed by atoms with Crippen LogP contribution in [-0.4, -0.2) is 25.2 Å². The molecule has 2 N–H and O–H groups in total. The van der Waals surface area contributed by atoms with E-state index in [0.29, 0.717) is 13.1 Å². The Hall–Kier alpha value is -2.01. The summed E-state index contributed by atoms with van der Waals surface area (Å²) in [6.07, 6.45) is 1.76. The number of benzene rings is 1. The SMILES string of the molecule is O=C(NCCc1cccs1)NC[C@H]1Cc2ccccc2O1. The predicted molar refractivity (Wildman–Crippen MR) is 84.0 cm³/mol. The van der Waals surface area contributed by atoms with Gasteiger partial charge in [-0.1, -0.05) is 24.3 Å². The number of amides is 2. The van der Waals surface area contributed by atoms with Gasteiger partial charge < -0.3 is 15.4 Å². The Balaban J connectivity index is 1.35. The molecule has 1 aliphatic heterocycles. The summed E-state index contributed by atoms with van der Waals surface area (Å²) in [4.78, 5) is 13.0. The van der Waals surface area contributed by atoms with Crippen LogP contribution in [0.1, 0.15) is 10.4 Å². The lowest BCUT2D eigenvalue weighted by atomic mass is 10.1. The van der Waals surface area contributed by atoms with Crippen LogP contribution >= 0.6 is 11.3 Å². The van der Waals surface area contributed by atoms with Crippen molar-refractivity contribution in [2.45, 2.75) is 18.9 Å². The van der Waals surface area contributed by atoms with Gasteiger partial charge in [-0.25, -0.2) is 4.79 Å². The van der Waals surface area contributed by atoms with Crippen molar-refractivity contribution in [3.8, 4) is 5.75 Å². The molecular formula is C16H18N2O2S. The van der Waals surface area contributed by atoms with Gasteiger partial charge >= 0.3 is 6.03 Å². The minimum absolute atomic E-state index is 0.0328. The topological polar surface area (TPSA) is 50.4 Å². The quantitative estimate of drug-likeness (QED) is 0.892. The summed E-state index contributed by atoms with van der Waals surface area (Å²) in [5.74, 6) is 0.933. The van der Waals surface area contributed by atoms with Gasteiger partial charge in [-0.15, -0.1) is 11.3 Å². The Labute approximate surface area is 128 Å². The molecule has 0 radical (unpaired) electrons. The number of ether oxygens (including phenoxy) is 1. The minimum atomic E-state index is -0.133. The summed E-state index contributed by atoms with van der Waals surface area (Å²) >= 11 is 1.71. The molecule has 3 rings (SSSR count). The Bertz CT molecular complexity index is 573. The molecule has 1 atom stereocenters. The lowest BCUT2D eigenvalue weighted by Crippen LogP contribution is -2.41. The van der Waals surface area contributed by atoms with E-state index in [9.17, 15) is 4.79 Å². The number of hydrogen-bond donors (Lipinski definition) is 2. The van der Waals surface area contributed by atoms with Crippen molar-refractivity contribution >= 4 is 17.4 Å². The van der Waals surface area contributed by atoms with Gasteiger partial charge in [0.2, 0.25) is 0 Å². The zero-order chi connectivity index (χ0) is 14.5. The van der Waals surface area contributed by atoms with E-state index in [2.05, 4.69) is 22.8 Å². The van der Waals surface area contributed by atoms with Crippen LogP contribution in [0.4, 0.5) is 4.79 Å². The van der Waals surface area contributed by atoms with Crippen molar-refractivity contribution in [3.63, 3.8) is 0 Å². The van der Waals surface area contributed by atoms with Crippen LogP contribution in [-0.2, 0) is 12.8 Å². The van der Waals surface area contributed by atoms with E-state index in [1.165, 1.54) is 10.4 Å². The minimum Gasteiger partial charge on any atom is -0.488 e. The van der Waals surface area contributed by atoms with E-state index in [-0.39, 0.29) is 12.1 Å².